The van der Waals surface area contributed by atoms with Gasteiger partial charge in [0.1, 0.15) is 5.75 Å². The van der Waals surface area contributed by atoms with Crippen molar-refractivity contribution in [3.63, 3.8) is 0 Å². The molecule has 0 radical (unpaired) electrons. The van der Waals surface area contributed by atoms with Gasteiger partial charge in [0.15, 0.2) is 6.61 Å². The topological polar surface area (TPSA) is 38.3 Å². The van der Waals surface area contributed by atoms with E-state index in [9.17, 15) is 4.79 Å². The fourth-order valence-corrected chi connectivity index (χ4v) is 2.44. The van der Waals surface area contributed by atoms with E-state index < -0.39 is 0 Å². The third-order valence-corrected chi connectivity index (χ3v) is 4.09. The van der Waals surface area contributed by atoms with Crippen molar-refractivity contribution in [3.05, 3.63) is 59.2 Å². The first-order chi connectivity index (χ1) is 11.0. The molecule has 1 amide bonds. The zero-order chi connectivity index (χ0) is 16.8. The van der Waals surface area contributed by atoms with Gasteiger partial charge in [-0.25, -0.2) is 0 Å². The van der Waals surface area contributed by atoms with E-state index >= 15 is 0 Å². The number of nitrogens with one attached hydrogen (secondary N) is 1. The summed E-state index contributed by atoms with van der Waals surface area (Å²) in [5.41, 5.74) is 4.15. The van der Waals surface area contributed by atoms with E-state index in [1.165, 1.54) is 0 Å². The largest absolute Gasteiger partial charge is 0.483 e. The summed E-state index contributed by atoms with van der Waals surface area (Å²) in [4.78, 5) is 12.2. The number of hydrogen-bond acceptors (Lipinski definition) is 2. The number of rotatable bonds is 6. The van der Waals surface area contributed by atoms with E-state index in [0.29, 0.717) is 5.92 Å². The van der Waals surface area contributed by atoms with E-state index in [-0.39, 0.29) is 12.5 Å². The van der Waals surface area contributed by atoms with Gasteiger partial charge in [-0.1, -0.05) is 44.2 Å². The zero-order valence-electron chi connectivity index (χ0n) is 14.3. The molecule has 0 bridgehead atoms. The second kappa shape index (κ2) is 7.82. The van der Waals surface area contributed by atoms with E-state index in [0.717, 1.165) is 34.5 Å². The van der Waals surface area contributed by atoms with Crippen LogP contribution in [-0.4, -0.2) is 12.5 Å². The van der Waals surface area contributed by atoms with Crippen molar-refractivity contribution >= 4 is 11.6 Å². The molecule has 0 aliphatic rings. The van der Waals surface area contributed by atoms with Crippen LogP contribution in [0.3, 0.4) is 0 Å². The van der Waals surface area contributed by atoms with Gasteiger partial charge < -0.3 is 10.1 Å². The molecule has 3 nitrogen and oxygen atoms in total. The molecule has 1 N–H and O–H groups in total. The molecule has 0 aliphatic heterocycles. The van der Waals surface area contributed by atoms with Gasteiger partial charge in [0.25, 0.3) is 5.91 Å². The number of anilines is 1. The maximum atomic E-state index is 12.2. The van der Waals surface area contributed by atoms with Crippen molar-refractivity contribution in [2.45, 2.75) is 40.0 Å². The van der Waals surface area contributed by atoms with Gasteiger partial charge in [0, 0.05) is 5.69 Å². The molecule has 3 heteroatoms. The van der Waals surface area contributed by atoms with Gasteiger partial charge in [-0.2, -0.15) is 0 Å². The summed E-state index contributed by atoms with van der Waals surface area (Å²) in [7, 11) is 0. The van der Waals surface area contributed by atoms with Gasteiger partial charge in [-0.3, -0.25) is 4.79 Å². The molecule has 2 aromatic carbocycles. The Morgan fingerprint density at radius 1 is 1.17 bits per heavy atom. The number of aryl methyl sites for hydroxylation is 2. The van der Waals surface area contributed by atoms with E-state index in [1.807, 2.05) is 50.2 Å². The summed E-state index contributed by atoms with van der Waals surface area (Å²) >= 11 is 0. The Bertz CT molecular complexity index is 679. The molecule has 0 spiro atoms. The van der Waals surface area contributed by atoms with Crippen LogP contribution in [0.4, 0.5) is 5.69 Å². The van der Waals surface area contributed by atoms with Crippen LogP contribution in [0.5, 0.6) is 5.75 Å². The maximum absolute atomic E-state index is 12.2. The van der Waals surface area contributed by atoms with Crippen LogP contribution in [0, 0.1) is 13.8 Å². The summed E-state index contributed by atoms with van der Waals surface area (Å²) in [6, 6.07) is 13.9. The Kier molecular flexibility index (Phi) is 5.80. The molecule has 2 rings (SSSR count). The van der Waals surface area contributed by atoms with Crippen LogP contribution >= 0.6 is 0 Å². The molecule has 23 heavy (non-hydrogen) atoms. The fourth-order valence-electron chi connectivity index (χ4n) is 2.44. The Balaban J connectivity index is 2.01. The number of amides is 1. The maximum Gasteiger partial charge on any atom is 0.262 e. The van der Waals surface area contributed by atoms with Gasteiger partial charge in [0.05, 0.1) is 0 Å². The highest BCUT2D eigenvalue weighted by molar-refractivity contribution is 5.92. The van der Waals surface area contributed by atoms with E-state index in [4.69, 9.17) is 4.74 Å². The Morgan fingerprint density at radius 2 is 1.91 bits per heavy atom. The molecule has 1 atom stereocenters. The first-order valence-corrected chi connectivity index (χ1v) is 8.10. The van der Waals surface area contributed by atoms with Crippen LogP contribution in [-0.2, 0) is 4.79 Å². The Labute approximate surface area is 138 Å². The first-order valence-electron chi connectivity index (χ1n) is 8.10. The monoisotopic (exact) mass is 311 g/mol. The van der Waals surface area contributed by atoms with Crippen LogP contribution in [0.15, 0.2) is 42.5 Å². The standard InChI is InChI=1S/C20H25NO2/c1-5-15(3)17-8-6-7-9-19(17)23-13-20(22)21-18-12-14(2)10-11-16(18)4/h6-12,15H,5,13H2,1-4H3,(H,21,22)/t15-/m1/s1. The lowest BCUT2D eigenvalue weighted by Gasteiger charge is -2.16. The molecule has 2 aromatic rings. The summed E-state index contributed by atoms with van der Waals surface area (Å²) in [5, 5.41) is 2.92. The normalized spacial score (nSPS) is 11.8. The second-order valence-corrected chi connectivity index (χ2v) is 6.00. The molecular formula is C20H25NO2. The lowest BCUT2D eigenvalue weighted by molar-refractivity contribution is -0.118. The van der Waals surface area contributed by atoms with Crippen molar-refractivity contribution in [1.29, 1.82) is 0 Å². The SMILES string of the molecule is CC[C@@H](C)c1ccccc1OCC(=O)Nc1cc(C)ccc1C. The molecule has 0 saturated heterocycles. The minimum Gasteiger partial charge on any atom is -0.483 e. The number of carbonyl (C=O) groups is 1. The summed E-state index contributed by atoms with van der Waals surface area (Å²) in [6.45, 7) is 8.32. The van der Waals surface area contributed by atoms with Crippen molar-refractivity contribution < 1.29 is 9.53 Å². The molecule has 0 heterocycles. The van der Waals surface area contributed by atoms with Gasteiger partial charge in [-0.05, 0) is 55.0 Å². The highest BCUT2D eigenvalue weighted by atomic mass is 16.5. The van der Waals surface area contributed by atoms with Crippen LogP contribution in [0.25, 0.3) is 0 Å². The average Bonchev–Trinajstić information content (AvgIpc) is 2.56. The number of hydrogen-bond donors (Lipinski definition) is 1. The van der Waals surface area contributed by atoms with Crippen LogP contribution in [0.2, 0.25) is 0 Å². The molecule has 0 saturated carbocycles. The molecule has 0 aliphatic carbocycles. The quantitative estimate of drug-likeness (QED) is 0.829. The lowest BCUT2D eigenvalue weighted by atomic mass is 9.98. The van der Waals surface area contributed by atoms with Crippen molar-refractivity contribution in [3.8, 4) is 5.75 Å². The number of carbonyl (C=O) groups excluding carboxylic acids is 1. The van der Waals surface area contributed by atoms with Crippen LogP contribution < -0.4 is 10.1 Å². The molecule has 0 fully saturated rings. The average molecular weight is 311 g/mol. The van der Waals surface area contributed by atoms with Gasteiger partial charge in [0.2, 0.25) is 0 Å². The van der Waals surface area contributed by atoms with Gasteiger partial charge in [-0.15, -0.1) is 0 Å². The smallest absolute Gasteiger partial charge is 0.262 e. The highest BCUT2D eigenvalue weighted by Gasteiger charge is 2.11. The number of ether oxygens (including phenoxy) is 1. The second-order valence-electron chi connectivity index (χ2n) is 6.00. The summed E-state index contributed by atoms with van der Waals surface area (Å²) in [6.07, 6.45) is 1.04. The van der Waals surface area contributed by atoms with Crippen molar-refractivity contribution in [2.75, 3.05) is 11.9 Å². The minimum atomic E-state index is -0.141. The Morgan fingerprint density at radius 3 is 2.65 bits per heavy atom. The fraction of sp³-hybridized carbons (Fsp3) is 0.350. The predicted molar refractivity (Wildman–Crippen MR) is 95.2 cm³/mol. The van der Waals surface area contributed by atoms with Crippen molar-refractivity contribution in [2.24, 2.45) is 0 Å². The minimum absolute atomic E-state index is 0.0147. The predicted octanol–water partition coefficient (Wildman–Crippen LogP) is 4.83. The molecular weight excluding hydrogens is 286 g/mol. The first kappa shape index (κ1) is 17.1. The number of benzene rings is 2. The molecule has 122 valence electrons. The highest BCUT2D eigenvalue weighted by Crippen LogP contribution is 2.28. The third-order valence-electron chi connectivity index (χ3n) is 4.09. The summed E-state index contributed by atoms with van der Waals surface area (Å²) < 4.78 is 5.75. The van der Waals surface area contributed by atoms with Gasteiger partial charge >= 0.3 is 0 Å². The van der Waals surface area contributed by atoms with Crippen LogP contribution in [0.1, 0.15) is 42.9 Å². The third kappa shape index (κ3) is 4.59. The zero-order valence-corrected chi connectivity index (χ0v) is 14.3. The van der Waals surface area contributed by atoms with E-state index in [1.54, 1.807) is 0 Å². The number of para-hydroxylation sites is 1. The van der Waals surface area contributed by atoms with Crippen molar-refractivity contribution in [1.82, 2.24) is 0 Å². The summed E-state index contributed by atoms with van der Waals surface area (Å²) in [5.74, 6) is 1.06. The Hall–Kier alpha value is -2.29. The lowest BCUT2D eigenvalue weighted by Crippen LogP contribution is -2.21. The molecule has 0 unspecified atom stereocenters. The van der Waals surface area contributed by atoms with E-state index in [2.05, 4.69) is 25.2 Å². The molecule has 0 aromatic heterocycles.